The summed E-state index contributed by atoms with van der Waals surface area (Å²) in [5.74, 6) is 1.09. The van der Waals surface area contributed by atoms with Crippen molar-refractivity contribution in [3.05, 3.63) is 30.0 Å². The van der Waals surface area contributed by atoms with Gasteiger partial charge in [-0.25, -0.2) is 8.42 Å². The number of hydrogen-bond acceptors (Lipinski definition) is 4. The van der Waals surface area contributed by atoms with E-state index < -0.39 is 15.3 Å². The lowest BCUT2D eigenvalue weighted by Gasteiger charge is -2.31. The number of H-pyrrole nitrogens is 1. The number of ether oxygens (including phenoxy) is 1. The molecule has 2 heterocycles. The number of aromatic amines is 1. The van der Waals surface area contributed by atoms with Gasteiger partial charge in [0.15, 0.2) is 9.84 Å². The minimum atomic E-state index is -3.02. The Morgan fingerprint density at radius 2 is 2.15 bits per heavy atom. The third-order valence-corrected chi connectivity index (χ3v) is 7.56. The Kier molecular flexibility index (Phi) is 4.02. The third kappa shape index (κ3) is 2.69. The molecule has 1 aromatic heterocycles. The Hall–Kier alpha value is -2.02. The van der Waals surface area contributed by atoms with E-state index in [1.54, 1.807) is 12.0 Å². The third-order valence-electron chi connectivity index (χ3n) is 5.81. The number of nitrogens with zero attached hydrogens (tertiary/aromatic N) is 1. The molecule has 2 aromatic rings. The van der Waals surface area contributed by atoms with E-state index >= 15 is 0 Å². The molecule has 1 amide bonds. The van der Waals surface area contributed by atoms with E-state index in [1.165, 1.54) is 0 Å². The van der Waals surface area contributed by atoms with Crippen LogP contribution in [0.15, 0.2) is 24.4 Å². The van der Waals surface area contributed by atoms with Gasteiger partial charge in [0.05, 0.1) is 24.0 Å². The molecule has 1 aliphatic carbocycles. The zero-order valence-corrected chi connectivity index (χ0v) is 15.9. The van der Waals surface area contributed by atoms with E-state index in [0.29, 0.717) is 13.0 Å². The molecule has 1 saturated heterocycles. The topological polar surface area (TPSA) is 79.5 Å². The second kappa shape index (κ2) is 6.01. The first-order valence-electron chi connectivity index (χ1n) is 9.07. The number of aromatic nitrogens is 1. The zero-order valence-electron chi connectivity index (χ0n) is 15.1. The van der Waals surface area contributed by atoms with E-state index in [9.17, 15) is 13.2 Å². The molecular weight excluding hydrogens is 352 g/mol. The van der Waals surface area contributed by atoms with Gasteiger partial charge in [0.25, 0.3) is 0 Å². The van der Waals surface area contributed by atoms with Crippen molar-refractivity contribution >= 4 is 26.6 Å². The summed E-state index contributed by atoms with van der Waals surface area (Å²) in [6.07, 6.45) is 4.06. The predicted molar refractivity (Wildman–Crippen MR) is 100 cm³/mol. The van der Waals surface area contributed by atoms with E-state index in [0.717, 1.165) is 35.1 Å². The monoisotopic (exact) mass is 376 g/mol. The SMILES string of the molecule is CCN(C(=O)C1(c2c[nH]c3ccc(OC)cc23)CC1)C1CCS(=O)(=O)C1. The molecule has 7 heteroatoms. The number of hydrogen-bond donors (Lipinski definition) is 1. The van der Waals surface area contributed by atoms with Gasteiger partial charge < -0.3 is 14.6 Å². The summed E-state index contributed by atoms with van der Waals surface area (Å²) in [6, 6.07) is 5.62. The lowest BCUT2D eigenvalue weighted by molar-refractivity contribution is -0.135. The molecule has 1 atom stereocenters. The lowest BCUT2D eigenvalue weighted by Crippen LogP contribution is -2.46. The maximum Gasteiger partial charge on any atom is 0.233 e. The van der Waals surface area contributed by atoms with Crippen LogP contribution in [0, 0.1) is 0 Å². The van der Waals surface area contributed by atoms with Crippen molar-refractivity contribution in [2.24, 2.45) is 0 Å². The minimum absolute atomic E-state index is 0.0609. The lowest BCUT2D eigenvalue weighted by atomic mass is 9.93. The molecule has 1 unspecified atom stereocenters. The normalized spacial score (nSPS) is 23.1. The number of amides is 1. The first-order valence-corrected chi connectivity index (χ1v) is 10.9. The molecule has 2 aliphatic rings. The molecule has 1 aliphatic heterocycles. The fourth-order valence-corrected chi connectivity index (χ4v) is 5.94. The van der Waals surface area contributed by atoms with Crippen LogP contribution in [-0.2, 0) is 20.0 Å². The van der Waals surface area contributed by atoms with Crippen molar-refractivity contribution in [2.45, 2.75) is 37.6 Å². The van der Waals surface area contributed by atoms with Gasteiger partial charge in [0.2, 0.25) is 5.91 Å². The number of benzene rings is 1. The highest BCUT2D eigenvalue weighted by atomic mass is 32.2. The Labute approximate surface area is 153 Å². The van der Waals surface area contributed by atoms with Crippen LogP contribution >= 0.6 is 0 Å². The van der Waals surface area contributed by atoms with Crippen LogP contribution < -0.4 is 4.74 Å². The first-order chi connectivity index (χ1) is 12.4. The molecule has 26 heavy (non-hydrogen) atoms. The highest BCUT2D eigenvalue weighted by Gasteiger charge is 2.55. The summed E-state index contributed by atoms with van der Waals surface area (Å²) in [5, 5.41) is 1.00. The van der Waals surface area contributed by atoms with Gasteiger partial charge in [0, 0.05) is 29.7 Å². The first kappa shape index (κ1) is 17.4. The summed E-state index contributed by atoms with van der Waals surface area (Å²) in [7, 11) is -1.39. The number of methoxy groups -OCH3 is 1. The van der Waals surface area contributed by atoms with Gasteiger partial charge in [0.1, 0.15) is 5.75 Å². The largest absolute Gasteiger partial charge is 0.497 e. The van der Waals surface area contributed by atoms with Crippen molar-refractivity contribution in [1.29, 1.82) is 0 Å². The molecule has 4 rings (SSSR count). The smallest absolute Gasteiger partial charge is 0.233 e. The average molecular weight is 376 g/mol. The molecule has 0 radical (unpaired) electrons. The summed E-state index contributed by atoms with van der Waals surface area (Å²) in [6.45, 7) is 2.46. The fraction of sp³-hybridized carbons (Fsp3) is 0.526. The van der Waals surface area contributed by atoms with Gasteiger partial charge in [-0.15, -0.1) is 0 Å². The van der Waals surface area contributed by atoms with Crippen molar-refractivity contribution in [1.82, 2.24) is 9.88 Å². The number of carbonyl (C=O) groups is 1. The summed E-state index contributed by atoms with van der Waals surface area (Å²) >= 11 is 0. The number of likely N-dealkylation sites (N-methyl/N-ethyl adjacent to an activating group) is 1. The number of rotatable bonds is 5. The molecule has 1 saturated carbocycles. The second-order valence-electron chi connectivity index (χ2n) is 7.34. The minimum Gasteiger partial charge on any atom is -0.497 e. The van der Waals surface area contributed by atoms with Crippen LogP contribution in [0.1, 0.15) is 31.7 Å². The van der Waals surface area contributed by atoms with Gasteiger partial charge in [-0.05, 0) is 49.9 Å². The van der Waals surface area contributed by atoms with Crippen LogP contribution in [0.2, 0.25) is 0 Å². The maximum absolute atomic E-state index is 13.4. The molecule has 6 nitrogen and oxygen atoms in total. The summed E-state index contributed by atoms with van der Waals surface area (Å²) in [5.41, 5.74) is 1.44. The Bertz CT molecular complexity index is 959. The predicted octanol–water partition coefficient (Wildman–Crippen LogP) is 2.24. The average Bonchev–Trinajstić information content (AvgIpc) is 3.19. The van der Waals surface area contributed by atoms with E-state index in [-0.39, 0.29) is 23.5 Å². The van der Waals surface area contributed by atoms with Gasteiger partial charge in [-0.1, -0.05) is 0 Å². The van der Waals surface area contributed by atoms with Crippen LogP contribution in [0.4, 0.5) is 0 Å². The van der Waals surface area contributed by atoms with Crippen LogP contribution in [0.25, 0.3) is 10.9 Å². The highest BCUT2D eigenvalue weighted by Crippen LogP contribution is 2.52. The molecular formula is C19H24N2O4S. The molecule has 1 N–H and O–H groups in total. The molecule has 0 bridgehead atoms. The maximum atomic E-state index is 13.4. The highest BCUT2D eigenvalue weighted by molar-refractivity contribution is 7.91. The zero-order chi connectivity index (χ0) is 18.5. The summed E-state index contributed by atoms with van der Waals surface area (Å²) in [4.78, 5) is 18.5. The Balaban J connectivity index is 1.69. The fourth-order valence-electron chi connectivity index (χ4n) is 4.21. The molecule has 1 aromatic carbocycles. The number of nitrogens with one attached hydrogen (secondary N) is 1. The van der Waals surface area contributed by atoms with E-state index in [4.69, 9.17) is 4.74 Å². The van der Waals surface area contributed by atoms with Crippen LogP contribution in [-0.4, -0.2) is 55.4 Å². The molecule has 2 fully saturated rings. The van der Waals surface area contributed by atoms with Crippen molar-refractivity contribution < 1.29 is 17.9 Å². The molecule has 140 valence electrons. The Morgan fingerprint density at radius 3 is 2.73 bits per heavy atom. The summed E-state index contributed by atoms with van der Waals surface area (Å²) < 4.78 is 29.1. The van der Waals surface area contributed by atoms with Crippen LogP contribution in [0.3, 0.4) is 0 Å². The van der Waals surface area contributed by atoms with Crippen molar-refractivity contribution in [2.75, 3.05) is 25.2 Å². The van der Waals surface area contributed by atoms with Crippen LogP contribution in [0.5, 0.6) is 5.75 Å². The second-order valence-corrected chi connectivity index (χ2v) is 9.57. The van der Waals surface area contributed by atoms with E-state index in [1.807, 2.05) is 31.3 Å². The standard InChI is InChI=1S/C19H24N2O4S/c1-3-21(13-6-9-26(23,24)12-13)18(22)19(7-8-19)16-11-20-17-5-4-14(25-2)10-15(16)17/h4-5,10-11,13,20H,3,6-9,12H2,1-2H3. The number of carbonyl (C=O) groups excluding carboxylic acids is 1. The number of sulfone groups is 1. The quantitative estimate of drug-likeness (QED) is 0.868. The Morgan fingerprint density at radius 1 is 1.38 bits per heavy atom. The number of fused-ring (bicyclic) bond motifs is 1. The molecule has 0 spiro atoms. The van der Waals surface area contributed by atoms with Crippen molar-refractivity contribution in [3.63, 3.8) is 0 Å². The van der Waals surface area contributed by atoms with Gasteiger partial charge >= 0.3 is 0 Å². The van der Waals surface area contributed by atoms with Gasteiger partial charge in [-0.3, -0.25) is 4.79 Å². The van der Waals surface area contributed by atoms with Crippen molar-refractivity contribution in [3.8, 4) is 5.75 Å². The van der Waals surface area contributed by atoms with Gasteiger partial charge in [-0.2, -0.15) is 0 Å². The van der Waals surface area contributed by atoms with E-state index in [2.05, 4.69) is 4.98 Å².